The summed E-state index contributed by atoms with van der Waals surface area (Å²) < 4.78 is 28.2. The average Bonchev–Trinajstić information content (AvgIpc) is 3.00. The largest absolute Gasteiger partial charge is 0.465 e. The average molecular weight is 390 g/mol. The maximum Gasteiger partial charge on any atom is 0.337 e. The van der Waals surface area contributed by atoms with Gasteiger partial charge in [0.2, 0.25) is 5.95 Å². The van der Waals surface area contributed by atoms with Crippen molar-refractivity contribution in [2.45, 2.75) is 19.4 Å². The van der Waals surface area contributed by atoms with Gasteiger partial charge in [-0.25, -0.2) is 18.2 Å². The molecule has 1 fully saturated rings. The van der Waals surface area contributed by atoms with E-state index in [2.05, 4.69) is 15.3 Å². The first-order valence-corrected chi connectivity index (χ1v) is 10.3. The van der Waals surface area contributed by atoms with Crippen LogP contribution in [0.2, 0.25) is 0 Å². The van der Waals surface area contributed by atoms with Crippen molar-refractivity contribution >= 4 is 33.3 Å². The number of anilines is 3. The second kappa shape index (κ2) is 7.51. The van der Waals surface area contributed by atoms with Crippen LogP contribution in [0.15, 0.2) is 30.3 Å². The Hall–Kier alpha value is -2.68. The molecule has 27 heavy (non-hydrogen) atoms. The molecule has 1 aromatic carbocycles. The normalized spacial score (nSPS) is 18.1. The minimum atomic E-state index is -2.98. The molecule has 3 rings (SSSR count). The SMILES string of the molecule is COC(=O)c1cccc(Nc2nc(C)cc(N(C)C3CCS(=O)(=O)C3)n2)c1. The lowest BCUT2D eigenvalue weighted by Gasteiger charge is -2.25. The predicted molar refractivity (Wildman–Crippen MR) is 103 cm³/mol. The van der Waals surface area contributed by atoms with Crippen LogP contribution in [0.3, 0.4) is 0 Å². The number of carbonyl (C=O) groups is 1. The number of rotatable bonds is 5. The highest BCUT2D eigenvalue weighted by molar-refractivity contribution is 7.91. The number of esters is 1. The van der Waals surface area contributed by atoms with Crippen LogP contribution in [0.25, 0.3) is 0 Å². The number of nitrogens with one attached hydrogen (secondary N) is 1. The van der Waals surface area contributed by atoms with Gasteiger partial charge in [0, 0.05) is 30.5 Å². The first-order valence-electron chi connectivity index (χ1n) is 8.52. The third-order valence-corrected chi connectivity index (χ3v) is 6.25. The summed E-state index contributed by atoms with van der Waals surface area (Å²) in [5.41, 5.74) is 1.82. The number of ether oxygens (including phenoxy) is 1. The smallest absolute Gasteiger partial charge is 0.337 e. The minimum absolute atomic E-state index is 0.0974. The van der Waals surface area contributed by atoms with Gasteiger partial charge in [-0.05, 0) is 31.5 Å². The van der Waals surface area contributed by atoms with Crippen LogP contribution < -0.4 is 10.2 Å². The first kappa shape index (κ1) is 19.1. The quantitative estimate of drug-likeness (QED) is 0.773. The van der Waals surface area contributed by atoms with Crippen molar-refractivity contribution in [2.24, 2.45) is 0 Å². The van der Waals surface area contributed by atoms with Gasteiger partial charge in [0.25, 0.3) is 0 Å². The Morgan fingerprint density at radius 3 is 2.74 bits per heavy atom. The molecule has 1 aliphatic heterocycles. The van der Waals surface area contributed by atoms with Gasteiger partial charge in [0.05, 0.1) is 24.2 Å². The molecule has 1 atom stereocenters. The summed E-state index contributed by atoms with van der Waals surface area (Å²) in [5.74, 6) is 0.941. The molecule has 1 N–H and O–H groups in total. The van der Waals surface area contributed by atoms with Gasteiger partial charge in [-0.2, -0.15) is 4.98 Å². The molecule has 9 heteroatoms. The van der Waals surface area contributed by atoms with Crippen LogP contribution in [0.1, 0.15) is 22.5 Å². The van der Waals surface area contributed by atoms with Gasteiger partial charge in [-0.3, -0.25) is 0 Å². The predicted octanol–water partition coefficient (Wildman–Crippen LogP) is 1.94. The number of nitrogens with zero attached hydrogens (tertiary/aromatic N) is 3. The highest BCUT2D eigenvalue weighted by Gasteiger charge is 2.31. The molecule has 1 unspecified atom stereocenters. The summed E-state index contributed by atoms with van der Waals surface area (Å²) in [7, 11) is 0.196. The molecule has 2 heterocycles. The van der Waals surface area contributed by atoms with Crippen molar-refractivity contribution < 1.29 is 17.9 Å². The van der Waals surface area contributed by atoms with Crippen molar-refractivity contribution in [3.63, 3.8) is 0 Å². The van der Waals surface area contributed by atoms with E-state index in [1.165, 1.54) is 7.11 Å². The van der Waals surface area contributed by atoms with Crippen molar-refractivity contribution in [3.05, 3.63) is 41.6 Å². The lowest BCUT2D eigenvalue weighted by Crippen LogP contribution is -2.33. The molecule has 1 aliphatic rings. The van der Waals surface area contributed by atoms with Crippen LogP contribution in [-0.2, 0) is 14.6 Å². The van der Waals surface area contributed by atoms with E-state index < -0.39 is 15.8 Å². The molecule has 0 spiro atoms. The monoisotopic (exact) mass is 390 g/mol. The van der Waals surface area contributed by atoms with E-state index in [1.807, 2.05) is 24.9 Å². The zero-order valence-corrected chi connectivity index (χ0v) is 16.3. The molecule has 0 bridgehead atoms. The number of hydrogen-bond acceptors (Lipinski definition) is 8. The first-order chi connectivity index (χ1) is 12.8. The second-order valence-corrected chi connectivity index (χ2v) is 8.79. The number of hydrogen-bond donors (Lipinski definition) is 1. The van der Waals surface area contributed by atoms with Gasteiger partial charge in [0.15, 0.2) is 9.84 Å². The summed E-state index contributed by atoms with van der Waals surface area (Å²) in [4.78, 5) is 22.4. The Morgan fingerprint density at radius 1 is 1.30 bits per heavy atom. The van der Waals surface area contributed by atoms with Crippen LogP contribution in [0, 0.1) is 6.92 Å². The van der Waals surface area contributed by atoms with E-state index in [0.29, 0.717) is 29.4 Å². The fourth-order valence-corrected chi connectivity index (χ4v) is 4.80. The third-order valence-electron chi connectivity index (χ3n) is 4.50. The van der Waals surface area contributed by atoms with E-state index in [-0.39, 0.29) is 17.5 Å². The van der Waals surface area contributed by atoms with Crippen molar-refractivity contribution in [2.75, 3.05) is 35.9 Å². The summed E-state index contributed by atoms with van der Waals surface area (Å²) in [6.07, 6.45) is 0.589. The lowest BCUT2D eigenvalue weighted by atomic mass is 10.2. The molecule has 1 saturated heterocycles. The standard InChI is InChI=1S/C18H22N4O4S/c1-12-9-16(22(2)15-7-8-27(24,25)11-15)21-18(19-12)20-14-6-4-5-13(10-14)17(23)26-3/h4-6,9-10,15H,7-8,11H2,1-3H3,(H,19,20,21). The topological polar surface area (TPSA) is 101 Å². The number of carbonyl (C=O) groups excluding carboxylic acids is 1. The molecule has 0 saturated carbocycles. The molecular weight excluding hydrogens is 368 g/mol. The Balaban J connectivity index is 1.83. The lowest BCUT2D eigenvalue weighted by molar-refractivity contribution is 0.0601. The van der Waals surface area contributed by atoms with Gasteiger partial charge in [0.1, 0.15) is 5.82 Å². The summed E-state index contributed by atoms with van der Waals surface area (Å²) in [6, 6.07) is 8.57. The number of aryl methyl sites for hydroxylation is 1. The van der Waals surface area contributed by atoms with E-state index in [1.54, 1.807) is 24.3 Å². The fourth-order valence-electron chi connectivity index (χ4n) is 3.03. The molecule has 2 aromatic rings. The maximum atomic E-state index is 11.8. The van der Waals surface area contributed by atoms with Crippen LogP contribution >= 0.6 is 0 Å². The highest BCUT2D eigenvalue weighted by atomic mass is 32.2. The Morgan fingerprint density at radius 2 is 2.07 bits per heavy atom. The minimum Gasteiger partial charge on any atom is -0.465 e. The molecule has 144 valence electrons. The number of benzene rings is 1. The van der Waals surface area contributed by atoms with Gasteiger partial charge >= 0.3 is 5.97 Å². The zero-order chi connectivity index (χ0) is 19.6. The Bertz CT molecular complexity index is 962. The van der Waals surface area contributed by atoms with E-state index in [0.717, 1.165) is 5.69 Å². The highest BCUT2D eigenvalue weighted by Crippen LogP contribution is 2.24. The van der Waals surface area contributed by atoms with Gasteiger partial charge in [-0.15, -0.1) is 0 Å². The van der Waals surface area contributed by atoms with Gasteiger partial charge < -0.3 is 15.0 Å². The van der Waals surface area contributed by atoms with Crippen LogP contribution in [-0.4, -0.2) is 56.1 Å². The van der Waals surface area contributed by atoms with E-state index in [4.69, 9.17) is 4.74 Å². The third kappa shape index (κ3) is 4.54. The molecular formula is C18H22N4O4S. The van der Waals surface area contributed by atoms with Gasteiger partial charge in [-0.1, -0.05) is 6.07 Å². The summed E-state index contributed by atoms with van der Waals surface area (Å²) in [6.45, 7) is 1.85. The number of aromatic nitrogens is 2. The summed E-state index contributed by atoms with van der Waals surface area (Å²) in [5, 5.41) is 3.09. The second-order valence-electron chi connectivity index (χ2n) is 6.56. The van der Waals surface area contributed by atoms with Crippen molar-refractivity contribution in [1.29, 1.82) is 0 Å². The molecule has 0 aliphatic carbocycles. The van der Waals surface area contributed by atoms with Crippen molar-refractivity contribution in [3.8, 4) is 0 Å². The summed E-state index contributed by atoms with van der Waals surface area (Å²) >= 11 is 0. The van der Waals surface area contributed by atoms with E-state index in [9.17, 15) is 13.2 Å². The van der Waals surface area contributed by atoms with Crippen molar-refractivity contribution in [1.82, 2.24) is 9.97 Å². The molecule has 1 aromatic heterocycles. The van der Waals surface area contributed by atoms with E-state index >= 15 is 0 Å². The fraction of sp³-hybridized carbons (Fsp3) is 0.389. The maximum absolute atomic E-state index is 11.8. The Kier molecular flexibility index (Phi) is 5.31. The molecule has 8 nitrogen and oxygen atoms in total. The van der Waals surface area contributed by atoms with Crippen LogP contribution in [0.4, 0.5) is 17.5 Å². The van der Waals surface area contributed by atoms with Crippen LogP contribution in [0.5, 0.6) is 0 Å². The molecule has 0 radical (unpaired) electrons. The Labute approximate surface area is 158 Å². The molecule has 0 amide bonds. The number of methoxy groups -OCH3 is 1. The number of sulfone groups is 1. The zero-order valence-electron chi connectivity index (χ0n) is 15.5.